The highest BCUT2D eigenvalue weighted by Crippen LogP contribution is 2.32. The van der Waals surface area contributed by atoms with Crippen molar-refractivity contribution in [3.8, 4) is 0 Å². The van der Waals surface area contributed by atoms with Crippen molar-refractivity contribution in [2.45, 2.75) is 45.4 Å². The molecule has 0 aliphatic heterocycles. The van der Waals surface area contributed by atoms with Gasteiger partial charge in [-0.2, -0.15) is 5.10 Å². The number of nitrogens with two attached hydrogens (primary N) is 1. The van der Waals surface area contributed by atoms with E-state index in [0.717, 1.165) is 5.69 Å². The number of methoxy groups -OCH3 is 1. The lowest BCUT2D eigenvalue weighted by Gasteiger charge is -2.31. The van der Waals surface area contributed by atoms with Gasteiger partial charge in [0.05, 0.1) is 28.6 Å². The molecule has 1 aromatic rings. The average Bonchev–Trinajstić information content (AvgIpc) is 2.59. The van der Waals surface area contributed by atoms with Crippen molar-refractivity contribution >= 4 is 11.6 Å². The number of halogens is 1. The standard InChI is InChI=1S/C11H20ClN3O/c1-7(2)15-9(8(12)6-14-15)10(13)11(3,4)16-5/h6-7,10H,13H2,1-5H3. The lowest BCUT2D eigenvalue weighted by molar-refractivity contribution is -0.00244. The maximum absolute atomic E-state index is 6.20. The first-order valence-corrected chi connectivity index (χ1v) is 5.72. The van der Waals surface area contributed by atoms with Gasteiger partial charge < -0.3 is 10.5 Å². The summed E-state index contributed by atoms with van der Waals surface area (Å²) in [6.07, 6.45) is 1.63. The van der Waals surface area contributed by atoms with Gasteiger partial charge in [0.25, 0.3) is 0 Å². The Morgan fingerprint density at radius 1 is 1.50 bits per heavy atom. The highest BCUT2D eigenvalue weighted by molar-refractivity contribution is 6.31. The Morgan fingerprint density at radius 2 is 2.06 bits per heavy atom. The summed E-state index contributed by atoms with van der Waals surface area (Å²) in [5.74, 6) is 0. The number of aromatic nitrogens is 2. The lowest BCUT2D eigenvalue weighted by atomic mass is 9.96. The molecule has 1 rings (SSSR count). The number of hydrogen-bond donors (Lipinski definition) is 1. The summed E-state index contributed by atoms with van der Waals surface area (Å²) in [5.41, 5.74) is 6.54. The molecule has 4 nitrogen and oxygen atoms in total. The summed E-state index contributed by atoms with van der Waals surface area (Å²) in [6, 6.07) is -0.0869. The van der Waals surface area contributed by atoms with Crippen LogP contribution in [0.4, 0.5) is 0 Å². The normalized spacial score (nSPS) is 14.5. The fourth-order valence-corrected chi connectivity index (χ4v) is 1.76. The molecular weight excluding hydrogens is 226 g/mol. The second-order valence-electron chi connectivity index (χ2n) is 4.70. The van der Waals surface area contributed by atoms with Gasteiger partial charge in [0, 0.05) is 13.2 Å². The van der Waals surface area contributed by atoms with Crippen LogP contribution in [0.1, 0.15) is 45.5 Å². The maximum Gasteiger partial charge on any atom is 0.0835 e. The van der Waals surface area contributed by atoms with Crippen molar-refractivity contribution in [2.24, 2.45) is 5.73 Å². The zero-order chi connectivity index (χ0) is 12.5. The molecule has 2 N–H and O–H groups in total. The third-order valence-electron chi connectivity index (χ3n) is 2.85. The highest BCUT2D eigenvalue weighted by atomic mass is 35.5. The molecule has 0 aromatic carbocycles. The van der Waals surface area contributed by atoms with Crippen molar-refractivity contribution in [1.82, 2.24) is 9.78 Å². The average molecular weight is 246 g/mol. The van der Waals surface area contributed by atoms with E-state index in [1.807, 2.05) is 32.4 Å². The van der Waals surface area contributed by atoms with E-state index in [-0.39, 0.29) is 12.1 Å². The summed E-state index contributed by atoms with van der Waals surface area (Å²) >= 11 is 6.13. The Bertz CT molecular complexity index is 360. The molecule has 0 spiro atoms. The van der Waals surface area contributed by atoms with E-state index >= 15 is 0 Å². The topological polar surface area (TPSA) is 53.1 Å². The molecule has 1 atom stereocenters. The maximum atomic E-state index is 6.20. The molecule has 0 aliphatic carbocycles. The summed E-state index contributed by atoms with van der Waals surface area (Å²) in [7, 11) is 1.64. The first-order valence-electron chi connectivity index (χ1n) is 5.35. The van der Waals surface area contributed by atoms with Crippen LogP contribution < -0.4 is 5.73 Å². The van der Waals surface area contributed by atoms with E-state index in [1.54, 1.807) is 13.3 Å². The van der Waals surface area contributed by atoms with Gasteiger partial charge in [-0.3, -0.25) is 4.68 Å². The first kappa shape index (κ1) is 13.5. The molecule has 5 heteroatoms. The van der Waals surface area contributed by atoms with Gasteiger partial charge in [0.15, 0.2) is 0 Å². The molecule has 1 heterocycles. The summed E-state index contributed by atoms with van der Waals surface area (Å²) in [6.45, 7) is 7.95. The molecule has 1 aromatic heterocycles. The summed E-state index contributed by atoms with van der Waals surface area (Å²) < 4.78 is 7.23. The monoisotopic (exact) mass is 245 g/mol. The van der Waals surface area contributed by atoms with Crippen molar-refractivity contribution in [2.75, 3.05) is 7.11 Å². The minimum absolute atomic E-state index is 0.223. The zero-order valence-electron chi connectivity index (χ0n) is 10.5. The second kappa shape index (κ2) is 4.73. The van der Waals surface area contributed by atoms with Gasteiger partial charge in [0.1, 0.15) is 0 Å². The van der Waals surface area contributed by atoms with E-state index < -0.39 is 5.60 Å². The molecule has 0 radical (unpaired) electrons. The van der Waals surface area contributed by atoms with Crippen LogP contribution in [0.15, 0.2) is 6.20 Å². The van der Waals surface area contributed by atoms with Crippen LogP contribution >= 0.6 is 11.6 Å². The lowest BCUT2D eigenvalue weighted by Crippen LogP contribution is -2.39. The van der Waals surface area contributed by atoms with Crippen LogP contribution in [-0.2, 0) is 4.74 Å². The predicted octanol–water partition coefficient (Wildman–Crippen LogP) is 2.54. The van der Waals surface area contributed by atoms with Crippen molar-refractivity contribution in [3.63, 3.8) is 0 Å². The smallest absolute Gasteiger partial charge is 0.0835 e. The highest BCUT2D eigenvalue weighted by Gasteiger charge is 2.32. The van der Waals surface area contributed by atoms with Crippen LogP contribution in [-0.4, -0.2) is 22.5 Å². The van der Waals surface area contributed by atoms with Gasteiger partial charge in [0.2, 0.25) is 0 Å². The first-order chi connectivity index (χ1) is 7.31. The predicted molar refractivity (Wildman–Crippen MR) is 65.6 cm³/mol. The van der Waals surface area contributed by atoms with E-state index in [4.69, 9.17) is 22.1 Å². The molecular formula is C11H20ClN3O. The van der Waals surface area contributed by atoms with Crippen molar-refractivity contribution < 1.29 is 4.74 Å². The summed E-state index contributed by atoms with van der Waals surface area (Å²) in [5, 5.41) is 4.82. The molecule has 0 bridgehead atoms. The van der Waals surface area contributed by atoms with Crippen LogP contribution in [0.5, 0.6) is 0 Å². The van der Waals surface area contributed by atoms with Gasteiger partial charge >= 0.3 is 0 Å². The molecule has 92 valence electrons. The van der Waals surface area contributed by atoms with Gasteiger partial charge in [-0.25, -0.2) is 0 Å². The Balaban J connectivity index is 3.17. The van der Waals surface area contributed by atoms with Gasteiger partial charge in [-0.05, 0) is 27.7 Å². The second-order valence-corrected chi connectivity index (χ2v) is 5.11. The molecule has 16 heavy (non-hydrogen) atoms. The Morgan fingerprint density at radius 3 is 2.50 bits per heavy atom. The van der Waals surface area contributed by atoms with E-state index in [2.05, 4.69) is 5.10 Å². The molecule has 1 unspecified atom stereocenters. The molecule has 0 amide bonds. The van der Waals surface area contributed by atoms with E-state index in [9.17, 15) is 0 Å². The number of hydrogen-bond acceptors (Lipinski definition) is 3. The fourth-order valence-electron chi connectivity index (χ4n) is 1.51. The summed E-state index contributed by atoms with van der Waals surface area (Å²) in [4.78, 5) is 0. The van der Waals surface area contributed by atoms with Crippen LogP contribution in [0.3, 0.4) is 0 Å². The Hall–Kier alpha value is -0.580. The fraction of sp³-hybridized carbons (Fsp3) is 0.727. The molecule has 0 aliphatic rings. The largest absolute Gasteiger partial charge is 0.377 e. The van der Waals surface area contributed by atoms with Crippen molar-refractivity contribution in [1.29, 1.82) is 0 Å². The van der Waals surface area contributed by atoms with Crippen LogP contribution in [0, 0.1) is 0 Å². The van der Waals surface area contributed by atoms with E-state index in [0.29, 0.717) is 5.02 Å². The Kier molecular flexibility index (Phi) is 3.99. The SMILES string of the molecule is COC(C)(C)C(N)c1c(Cl)cnn1C(C)C. The zero-order valence-corrected chi connectivity index (χ0v) is 11.2. The van der Waals surface area contributed by atoms with Gasteiger partial charge in [-0.1, -0.05) is 11.6 Å². The van der Waals surface area contributed by atoms with Crippen LogP contribution in [0.25, 0.3) is 0 Å². The minimum Gasteiger partial charge on any atom is -0.377 e. The number of ether oxygens (including phenoxy) is 1. The Labute approximate surface area is 102 Å². The van der Waals surface area contributed by atoms with Gasteiger partial charge in [-0.15, -0.1) is 0 Å². The van der Waals surface area contributed by atoms with Crippen molar-refractivity contribution in [3.05, 3.63) is 16.9 Å². The molecule has 0 fully saturated rings. The molecule has 0 saturated carbocycles. The number of rotatable bonds is 4. The number of nitrogens with zero attached hydrogens (tertiary/aromatic N) is 2. The van der Waals surface area contributed by atoms with E-state index in [1.165, 1.54) is 0 Å². The quantitative estimate of drug-likeness (QED) is 0.887. The third-order valence-corrected chi connectivity index (χ3v) is 3.14. The third kappa shape index (κ3) is 2.39. The minimum atomic E-state index is -0.476. The molecule has 0 saturated heterocycles. The van der Waals surface area contributed by atoms with Crippen LogP contribution in [0.2, 0.25) is 5.02 Å².